The molecule has 14 heavy (non-hydrogen) atoms. The normalized spacial score (nSPS) is 12.6. The average molecular weight is 193 g/mol. The number of pyridine rings is 1. The Bertz CT molecular complexity index is 296. The highest BCUT2D eigenvalue weighted by atomic mass is 16.5. The topological polar surface area (TPSA) is 22.1 Å². The first kappa shape index (κ1) is 11.0. The van der Waals surface area contributed by atoms with Crippen LogP contribution in [-0.4, -0.2) is 12.1 Å². The largest absolute Gasteiger partial charge is 0.481 e. The number of hydrogen-bond donors (Lipinski definition) is 0. The highest BCUT2D eigenvalue weighted by Gasteiger charge is 2.11. The van der Waals surface area contributed by atoms with Gasteiger partial charge in [-0.25, -0.2) is 4.98 Å². The van der Waals surface area contributed by atoms with Crippen LogP contribution >= 0.6 is 0 Å². The number of methoxy groups -OCH3 is 1. The number of ether oxygens (including phenoxy) is 1. The molecule has 0 amide bonds. The Hall–Kier alpha value is -1.05. The van der Waals surface area contributed by atoms with Crippen molar-refractivity contribution < 1.29 is 4.74 Å². The highest BCUT2D eigenvalue weighted by molar-refractivity contribution is 5.32. The molecule has 0 aromatic carbocycles. The van der Waals surface area contributed by atoms with Crippen molar-refractivity contribution in [2.75, 3.05) is 7.11 Å². The smallest absolute Gasteiger partial charge is 0.216 e. The van der Waals surface area contributed by atoms with Gasteiger partial charge in [0.2, 0.25) is 5.88 Å². The summed E-state index contributed by atoms with van der Waals surface area (Å²) < 4.78 is 5.26. The predicted molar refractivity (Wildman–Crippen MR) is 58.8 cm³/mol. The van der Waals surface area contributed by atoms with Gasteiger partial charge in [0.1, 0.15) is 0 Å². The Balaban J connectivity index is 2.97. The second kappa shape index (κ2) is 4.99. The maximum absolute atomic E-state index is 5.26. The molecule has 0 spiro atoms. The van der Waals surface area contributed by atoms with Crippen LogP contribution in [0.5, 0.6) is 5.88 Å². The Morgan fingerprint density at radius 1 is 1.50 bits per heavy atom. The molecule has 2 heteroatoms. The van der Waals surface area contributed by atoms with Crippen LogP contribution in [0.15, 0.2) is 12.3 Å². The van der Waals surface area contributed by atoms with Crippen molar-refractivity contribution in [3.05, 3.63) is 23.4 Å². The van der Waals surface area contributed by atoms with E-state index < -0.39 is 0 Å². The third kappa shape index (κ3) is 2.47. The fourth-order valence-corrected chi connectivity index (χ4v) is 1.69. The summed E-state index contributed by atoms with van der Waals surface area (Å²) in [5.41, 5.74) is 2.43. The summed E-state index contributed by atoms with van der Waals surface area (Å²) in [4.78, 5) is 4.28. The lowest BCUT2D eigenvalue weighted by Crippen LogP contribution is -2.00. The zero-order chi connectivity index (χ0) is 10.6. The van der Waals surface area contributed by atoms with E-state index in [1.54, 1.807) is 7.11 Å². The van der Waals surface area contributed by atoms with Crippen LogP contribution in [0.4, 0.5) is 0 Å². The second-order valence-electron chi connectivity index (χ2n) is 3.80. The molecule has 0 aliphatic heterocycles. The van der Waals surface area contributed by atoms with Crippen molar-refractivity contribution in [3.63, 3.8) is 0 Å². The Labute approximate surface area is 86.3 Å². The molecule has 1 aromatic heterocycles. The van der Waals surface area contributed by atoms with Crippen molar-refractivity contribution in [2.24, 2.45) is 0 Å². The molecule has 1 heterocycles. The van der Waals surface area contributed by atoms with Crippen LogP contribution in [0.1, 0.15) is 43.7 Å². The predicted octanol–water partition coefficient (Wildman–Crippen LogP) is 3.30. The second-order valence-corrected chi connectivity index (χ2v) is 3.80. The fourth-order valence-electron chi connectivity index (χ4n) is 1.69. The summed E-state index contributed by atoms with van der Waals surface area (Å²) in [6, 6.07) is 2.17. The van der Waals surface area contributed by atoms with E-state index in [0.717, 1.165) is 5.88 Å². The number of hydrogen-bond acceptors (Lipinski definition) is 2. The summed E-state index contributed by atoms with van der Waals surface area (Å²) in [6.45, 7) is 6.49. The molecule has 1 aromatic rings. The molecule has 0 aliphatic carbocycles. The van der Waals surface area contributed by atoms with Crippen molar-refractivity contribution in [2.45, 2.75) is 39.5 Å². The molecule has 0 fully saturated rings. The standard InChI is InChI=1S/C12H19NO/c1-5-6-10(3)11-7-9(2)8-13-12(11)14-4/h7-8,10H,5-6H2,1-4H3. The van der Waals surface area contributed by atoms with Gasteiger partial charge in [-0.15, -0.1) is 0 Å². The summed E-state index contributed by atoms with van der Waals surface area (Å²) in [7, 11) is 1.68. The summed E-state index contributed by atoms with van der Waals surface area (Å²) in [5, 5.41) is 0. The summed E-state index contributed by atoms with van der Waals surface area (Å²) in [6.07, 6.45) is 4.22. The Morgan fingerprint density at radius 3 is 2.79 bits per heavy atom. The van der Waals surface area contributed by atoms with E-state index in [0.29, 0.717) is 5.92 Å². The number of nitrogens with zero attached hydrogens (tertiary/aromatic N) is 1. The van der Waals surface area contributed by atoms with Gasteiger partial charge in [0, 0.05) is 11.8 Å². The van der Waals surface area contributed by atoms with Crippen LogP contribution in [0.2, 0.25) is 0 Å². The van der Waals surface area contributed by atoms with Gasteiger partial charge >= 0.3 is 0 Å². The molecule has 0 N–H and O–H groups in total. The average Bonchev–Trinajstić information content (AvgIpc) is 2.18. The first-order chi connectivity index (χ1) is 6.69. The first-order valence-electron chi connectivity index (χ1n) is 5.19. The third-order valence-electron chi connectivity index (χ3n) is 2.46. The van der Waals surface area contributed by atoms with E-state index in [9.17, 15) is 0 Å². The molecule has 0 saturated carbocycles. The van der Waals surface area contributed by atoms with Crippen molar-refractivity contribution in [3.8, 4) is 5.88 Å². The highest BCUT2D eigenvalue weighted by Crippen LogP contribution is 2.28. The van der Waals surface area contributed by atoms with Crippen LogP contribution in [0.25, 0.3) is 0 Å². The SMILES string of the molecule is CCCC(C)c1cc(C)cnc1OC. The minimum atomic E-state index is 0.530. The van der Waals surface area contributed by atoms with E-state index in [4.69, 9.17) is 4.74 Å². The van der Waals surface area contributed by atoms with E-state index >= 15 is 0 Å². The lowest BCUT2D eigenvalue weighted by molar-refractivity contribution is 0.387. The molecule has 0 radical (unpaired) electrons. The quantitative estimate of drug-likeness (QED) is 0.732. The number of aryl methyl sites for hydroxylation is 1. The summed E-state index contributed by atoms with van der Waals surface area (Å²) >= 11 is 0. The number of aromatic nitrogens is 1. The van der Waals surface area contributed by atoms with Gasteiger partial charge in [-0.05, 0) is 30.9 Å². The molecular weight excluding hydrogens is 174 g/mol. The summed E-state index contributed by atoms with van der Waals surface area (Å²) in [5.74, 6) is 1.30. The zero-order valence-electron chi connectivity index (χ0n) is 9.50. The molecule has 1 atom stereocenters. The van der Waals surface area contributed by atoms with E-state index in [-0.39, 0.29) is 0 Å². The fraction of sp³-hybridized carbons (Fsp3) is 0.583. The van der Waals surface area contributed by atoms with Gasteiger partial charge < -0.3 is 4.74 Å². The zero-order valence-corrected chi connectivity index (χ0v) is 9.50. The van der Waals surface area contributed by atoms with Gasteiger partial charge in [-0.3, -0.25) is 0 Å². The lowest BCUT2D eigenvalue weighted by Gasteiger charge is -2.14. The van der Waals surface area contributed by atoms with Crippen LogP contribution in [0.3, 0.4) is 0 Å². The van der Waals surface area contributed by atoms with Crippen molar-refractivity contribution in [1.29, 1.82) is 0 Å². The minimum Gasteiger partial charge on any atom is -0.481 e. The molecule has 2 nitrogen and oxygen atoms in total. The Morgan fingerprint density at radius 2 is 2.21 bits per heavy atom. The van der Waals surface area contributed by atoms with Gasteiger partial charge in [0.15, 0.2) is 0 Å². The molecule has 1 unspecified atom stereocenters. The first-order valence-corrected chi connectivity index (χ1v) is 5.19. The molecule has 78 valence electrons. The third-order valence-corrected chi connectivity index (χ3v) is 2.46. The maximum Gasteiger partial charge on any atom is 0.216 e. The lowest BCUT2D eigenvalue weighted by atomic mass is 9.96. The van der Waals surface area contributed by atoms with Crippen molar-refractivity contribution in [1.82, 2.24) is 4.98 Å². The molecular formula is C12H19NO. The molecule has 0 saturated heterocycles. The minimum absolute atomic E-state index is 0.530. The molecule has 1 rings (SSSR count). The van der Waals surface area contributed by atoms with Gasteiger partial charge in [0.05, 0.1) is 7.11 Å². The van der Waals surface area contributed by atoms with Crippen LogP contribution < -0.4 is 4.74 Å². The Kier molecular flexibility index (Phi) is 3.93. The molecule has 0 bridgehead atoms. The van der Waals surface area contributed by atoms with Crippen LogP contribution in [0, 0.1) is 6.92 Å². The van der Waals surface area contributed by atoms with Gasteiger partial charge in [-0.2, -0.15) is 0 Å². The van der Waals surface area contributed by atoms with Gasteiger partial charge in [-0.1, -0.05) is 20.3 Å². The van der Waals surface area contributed by atoms with E-state index in [1.165, 1.54) is 24.0 Å². The van der Waals surface area contributed by atoms with E-state index in [2.05, 4.69) is 31.8 Å². The van der Waals surface area contributed by atoms with Crippen LogP contribution in [-0.2, 0) is 0 Å². The number of rotatable bonds is 4. The van der Waals surface area contributed by atoms with E-state index in [1.807, 2.05) is 6.20 Å². The van der Waals surface area contributed by atoms with Crippen molar-refractivity contribution >= 4 is 0 Å². The maximum atomic E-state index is 5.26. The molecule has 0 aliphatic rings. The monoisotopic (exact) mass is 193 g/mol. The van der Waals surface area contributed by atoms with Gasteiger partial charge in [0.25, 0.3) is 0 Å².